The van der Waals surface area contributed by atoms with Gasteiger partial charge in [-0.1, -0.05) is 24.3 Å². The molecule has 0 radical (unpaired) electrons. The van der Waals surface area contributed by atoms with Crippen molar-refractivity contribution in [3.05, 3.63) is 95.3 Å². The molecule has 1 aliphatic rings. The molecule has 0 bridgehead atoms. The van der Waals surface area contributed by atoms with Crippen LogP contribution in [0.15, 0.2) is 73.1 Å². The first-order valence-corrected chi connectivity index (χ1v) is 9.55. The first-order chi connectivity index (χ1) is 15.0. The summed E-state index contributed by atoms with van der Waals surface area (Å²) in [5.74, 6) is -1.44. The number of aromatic nitrogens is 1. The van der Waals surface area contributed by atoms with Gasteiger partial charge in [0.15, 0.2) is 0 Å². The number of imide groups is 1. The minimum absolute atomic E-state index is 0.113. The standard InChI is InChI=1S/C23H18N4O4/c28-20(26-17-4-3-11-24-12-17)13-25-21(29)16-9-7-15(8-10-16)14-27-22(30)18-5-1-2-6-19(18)23(27)31/h1-12H,13-14H2,(H,25,29)(H,26,28). The summed E-state index contributed by atoms with van der Waals surface area (Å²) in [6, 6.07) is 16.6. The quantitative estimate of drug-likeness (QED) is 0.602. The summed E-state index contributed by atoms with van der Waals surface area (Å²) in [5.41, 5.74) is 2.40. The SMILES string of the molecule is O=C(CNC(=O)c1ccc(CN2C(=O)c3ccccc3C2=O)cc1)Nc1cccnc1. The second-order valence-corrected chi connectivity index (χ2v) is 6.91. The summed E-state index contributed by atoms with van der Waals surface area (Å²) in [7, 11) is 0. The molecule has 4 amide bonds. The summed E-state index contributed by atoms with van der Waals surface area (Å²) in [4.78, 5) is 54.2. The van der Waals surface area contributed by atoms with Crippen LogP contribution in [0.25, 0.3) is 0 Å². The monoisotopic (exact) mass is 414 g/mol. The van der Waals surface area contributed by atoms with E-state index >= 15 is 0 Å². The highest BCUT2D eigenvalue weighted by atomic mass is 16.2. The Hall–Kier alpha value is -4.33. The van der Waals surface area contributed by atoms with Crippen LogP contribution in [-0.2, 0) is 11.3 Å². The number of carbonyl (C=O) groups is 4. The van der Waals surface area contributed by atoms with Crippen LogP contribution in [0.1, 0.15) is 36.6 Å². The molecule has 0 aliphatic carbocycles. The minimum Gasteiger partial charge on any atom is -0.343 e. The highest BCUT2D eigenvalue weighted by molar-refractivity contribution is 6.21. The van der Waals surface area contributed by atoms with Crippen LogP contribution in [0.3, 0.4) is 0 Å². The topological polar surface area (TPSA) is 108 Å². The van der Waals surface area contributed by atoms with Gasteiger partial charge in [0.05, 0.1) is 36.1 Å². The van der Waals surface area contributed by atoms with Gasteiger partial charge in [-0.3, -0.25) is 29.1 Å². The van der Waals surface area contributed by atoms with Crippen molar-refractivity contribution in [2.24, 2.45) is 0 Å². The lowest BCUT2D eigenvalue weighted by atomic mass is 10.1. The molecule has 0 saturated heterocycles. The van der Waals surface area contributed by atoms with Crippen LogP contribution in [0.5, 0.6) is 0 Å². The van der Waals surface area contributed by atoms with Gasteiger partial charge in [-0.05, 0) is 42.0 Å². The number of amides is 4. The molecule has 1 aromatic heterocycles. The Kier molecular flexibility index (Phi) is 5.53. The summed E-state index contributed by atoms with van der Waals surface area (Å²) in [6.07, 6.45) is 3.10. The van der Waals surface area contributed by atoms with Crippen molar-refractivity contribution in [3.63, 3.8) is 0 Å². The fourth-order valence-electron chi connectivity index (χ4n) is 3.23. The zero-order valence-electron chi connectivity index (χ0n) is 16.4. The maximum absolute atomic E-state index is 12.5. The molecule has 2 N–H and O–H groups in total. The summed E-state index contributed by atoms with van der Waals surface area (Å²) >= 11 is 0. The van der Waals surface area contributed by atoms with Crippen molar-refractivity contribution < 1.29 is 19.2 Å². The molecular weight excluding hydrogens is 396 g/mol. The number of nitrogens with one attached hydrogen (secondary N) is 2. The van der Waals surface area contributed by atoms with E-state index < -0.39 is 5.91 Å². The van der Waals surface area contributed by atoms with Gasteiger partial charge >= 0.3 is 0 Å². The molecule has 2 aromatic carbocycles. The van der Waals surface area contributed by atoms with Crippen LogP contribution < -0.4 is 10.6 Å². The number of rotatable bonds is 6. The summed E-state index contributed by atoms with van der Waals surface area (Å²) in [5, 5.41) is 5.18. The lowest BCUT2D eigenvalue weighted by molar-refractivity contribution is -0.115. The molecule has 1 aliphatic heterocycles. The zero-order chi connectivity index (χ0) is 21.8. The third-order valence-electron chi connectivity index (χ3n) is 4.79. The van der Waals surface area contributed by atoms with Gasteiger partial charge in [0.1, 0.15) is 0 Å². The Labute approximate surface area is 177 Å². The molecule has 8 heteroatoms. The van der Waals surface area contributed by atoms with Gasteiger partial charge in [0.2, 0.25) is 5.91 Å². The molecule has 0 spiro atoms. The van der Waals surface area contributed by atoms with Gasteiger partial charge in [-0.2, -0.15) is 0 Å². The van der Waals surface area contributed by atoms with E-state index in [0.29, 0.717) is 27.9 Å². The third-order valence-corrected chi connectivity index (χ3v) is 4.79. The Balaban J connectivity index is 1.33. The summed E-state index contributed by atoms with van der Waals surface area (Å²) < 4.78 is 0. The lowest BCUT2D eigenvalue weighted by Gasteiger charge is -2.14. The number of anilines is 1. The van der Waals surface area contributed by atoms with Gasteiger partial charge in [-0.15, -0.1) is 0 Å². The molecule has 0 saturated carbocycles. The van der Waals surface area contributed by atoms with Crippen molar-refractivity contribution in [3.8, 4) is 0 Å². The molecule has 154 valence electrons. The minimum atomic E-state index is -0.409. The molecule has 3 aromatic rings. The van der Waals surface area contributed by atoms with Crippen molar-refractivity contribution in [2.45, 2.75) is 6.54 Å². The van der Waals surface area contributed by atoms with Crippen LogP contribution in [0.4, 0.5) is 5.69 Å². The Morgan fingerprint density at radius 2 is 1.55 bits per heavy atom. The van der Waals surface area contributed by atoms with Crippen molar-refractivity contribution >= 4 is 29.3 Å². The number of hydrogen-bond acceptors (Lipinski definition) is 5. The Bertz CT molecular complexity index is 1120. The normalized spacial score (nSPS) is 12.5. The van der Waals surface area contributed by atoms with E-state index in [4.69, 9.17) is 0 Å². The van der Waals surface area contributed by atoms with Gasteiger partial charge in [-0.25, -0.2) is 0 Å². The van der Waals surface area contributed by atoms with Gasteiger partial charge in [0, 0.05) is 11.8 Å². The number of benzene rings is 2. The molecule has 4 rings (SSSR count). The van der Waals surface area contributed by atoms with Crippen LogP contribution in [-0.4, -0.2) is 40.1 Å². The number of fused-ring (bicyclic) bond motifs is 1. The predicted molar refractivity (Wildman–Crippen MR) is 112 cm³/mol. The highest BCUT2D eigenvalue weighted by Crippen LogP contribution is 2.24. The zero-order valence-corrected chi connectivity index (χ0v) is 16.4. The van der Waals surface area contributed by atoms with Crippen molar-refractivity contribution in [1.29, 1.82) is 0 Å². The van der Waals surface area contributed by atoms with Crippen molar-refractivity contribution in [1.82, 2.24) is 15.2 Å². The first kappa shape index (κ1) is 20.0. The van der Waals surface area contributed by atoms with E-state index in [2.05, 4.69) is 15.6 Å². The fraction of sp³-hybridized carbons (Fsp3) is 0.0870. The molecule has 31 heavy (non-hydrogen) atoms. The fourth-order valence-corrected chi connectivity index (χ4v) is 3.23. The lowest BCUT2D eigenvalue weighted by Crippen LogP contribution is -2.33. The first-order valence-electron chi connectivity index (χ1n) is 9.55. The molecule has 2 heterocycles. The smallest absolute Gasteiger partial charge is 0.261 e. The van der Waals surface area contributed by atoms with Crippen LogP contribution >= 0.6 is 0 Å². The number of carbonyl (C=O) groups excluding carboxylic acids is 4. The van der Waals surface area contributed by atoms with Gasteiger partial charge < -0.3 is 10.6 Å². The number of nitrogens with zero attached hydrogens (tertiary/aromatic N) is 2. The number of hydrogen-bond donors (Lipinski definition) is 2. The molecule has 0 atom stereocenters. The second-order valence-electron chi connectivity index (χ2n) is 6.91. The maximum Gasteiger partial charge on any atom is 0.261 e. The average molecular weight is 414 g/mol. The second kappa shape index (κ2) is 8.58. The van der Waals surface area contributed by atoms with Crippen molar-refractivity contribution in [2.75, 3.05) is 11.9 Å². The van der Waals surface area contributed by atoms with E-state index in [9.17, 15) is 19.2 Å². The largest absolute Gasteiger partial charge is 0.343 e. The highest BCUT2D eigenvalue weighted by Gasteiger charge is 2.34. The van der Waals surface area contributed by atoms with E-state index in [1.165, 1.54) is 11.1 Å². The van der Waals surface area contributed by atoms with Gasteiger partial charge in [0.25, 0.3) is 17.7 Å². The Morgan fingerprint density at radius 1 is 0.871 bits per heavy atom. The van der Waals surface area contributed by atoms with Crippen LogP contribution in [0.2, 0.25) is 0 Å². The third kappa shape index (κ3) is 4.32. The average Bonchev–Trinajstić information content (AvgIpc) is 3.04. The predicted octanol–water partition coefficient (Wildman–Crippen LogP) is 2.25. The number of pyridine rings is 1. The molecule has 8 nitrogen and oxygen atoms in total. The maximum atomic E-state index is 12.5. The van der Waals surface area contributed by atoms with E-state index in [1.54, 1.807) is 66.9 Å². The van der Waals surface area contributed by atoms with E-state index in [1.807, 2.05) is 0 Å². The summed E-state index contributed by atoms with van der Waals surface area (Å²) in [6.45, 7) is -0.0771. The molecule has 0 fully saturated rings. The van der Waals surface area contributed by atoms with E-state index in [0.717, 1.165) is 0 Å². The Morgan fingerprint density at radius 3 is 2.16 bits per heavy atom. The molecule has 0 unspecified atom stereocenters. The van der Waals surface area contributed by atoms with E-state index in [-0.39, 0.29) is 30.8 Å². The van der Waals surface area contributed by atoms with Crippen LogP contribution in [0, 0.1) is 0 Å². The molecular formula is C23H18N4O4.